The summed E-state index contributed by atoms with van der Waals surface area (Å²) in [5.41, 5.74) is 1.94. The third-order valence-electron chi connectivity index (χ3n) is 3.72. The third-order valence-corrected chi connectivity index (χ3v) is 3.97. The van der Waals surface area contributed by atoms with Crippen LogP contribution in [0.2, 0.25) is 5.02 Å². The zero-order valence-corrected chi connectivity index (χ0v) is 13.9. The molecule has 1 atom stereocenters. The number of rotatable bonds is 7. The van der Waals surface area contributed by atoms with Crippen LogP contribution in [0.25, 0.3) is 0 Å². The van der Waals surface area contributed by atoms with E-state index in [1.165, 1.54) is 11.1 Å². The van der Waals surface area contributed by atoms with Crippen LogP contribution in [-0.4, -0.2) is 17.3 Å². The van der Waals surface area contributed by atoms with Gasteiger partial charge in [0, 0.05) is 5.02 Å². The van der Waals surface area contributed by atoms with E-state index in [1.54, 1.807) is 0 Å². The molecule has 0 saturated carbocycles. The first kappa shape index (κ1) is 16.9. The maximum absolute atomic E-state index is 9.51. The van der Waals surface area contributed by atoms with Crippen LogP contribution in [0, 0.1) is 0 Å². The van der Waals surface area contributed by atoms with Gasteiger partial charge < -0.3 is 9.84 Å². The molecule has 2 aromatic rings. The molecule has 0 spiro atoms. The van der Waals surface area contributed by atoms with Crippen LogP contribution >= 0.6 is 11.6 Å². The smallest absolute Gasteiger partial charge is 0.129 e. The van der Waals surface area contributed by atoms with E-state index in [0.717, 1.165) is 30.0 Å². The minimum Gasteiger partial charge on any atom is -0.485 e. The normalized spacial score (nSPS) is 13.6. The van der Waals surface area contributed by atoms with E-state index in [1.807, 2.05) is 43.3 Å². The Kier molecular flexibility index (Phi) is 5.87. The van der Waals surface area contributed by atoms with E-state index in [2.05, 4.69) is 19.1 Å². The van der Waals surface area contributed by atoms with E-state index >= 15 is 0 Å². The van der Waals surface area contributed by atoms with Crippen molar-refractivity contribution < 1.29 is 9.84 Å². The lowest BCUT2D eigenvalue weighted by Crippen LogP contribution is -2.36. The summed E-state index contributed by atoms with van der Waals surface area (Å²) in [7, 11) is 0. The Morgan fingerprint density at radius 1 is 1.00 bits per heavy atom. The van der Waals surface area contributed by atoms with Crippen molar-refractivity contribution in [2.75, 3.05) is 6.61 Å². The van der Waals surface area contributed by atoms with E-state index in [0.29, 0.717) is 0 Å². The molecule has 2 nitrogen and oxygen atoms in total. The van der Waals surface area contributed by atoms with Crippen LogP contribution in [0.3, 0.4) is 0 Å². The van der Waals surface area contributed by atoms with Crippen molar-refractivity contribution in [3.8, 4) is 5.75 Å². The second-order valence-corrected chi connectivity index (χ2v) is 6.34. The first-order chi connectivity index (χ1) is 10.5. The number of ether oxygens (including phenoxy) is 1. The van der Waals surface area contributed by atoms with Crippen molar-refractivity contribution >= 4 is 11.6 Å². The minimum absolute atomic E-state index is 0.0212. The van der Waals surface area contributed by atoms with Gasteiger partial charge >= 0.3 is 0 Å². The standard InChI is InChI=1S/C19H23ClO2/c1-3-12-19(2,14-21)22-18-10-6-16(7-11-18)13-15-4-8-17(20)9-5-15/h4-11,21H,3,12-14H2,1-2H3. The Hall–Kier alpha value is -1.51. The summed E-state index contributed by atoms with van der Waals surface area (Å²) in [5.74, 6) is 0.796. The van der Waals surface area contributed by atoms with Gasteiger partial charge in [-0.1, -0.05) is 49.2 Å². The number of benzene rings is 2. The van der Waals surface area contributed by atoms with Gasteiger partial charge in [-0.15, -0.1) is 0 Å². The molecule has 0 aromatic heterocycles. The average molecular weight is 319 g/mol. The van der Waals surface area contributed by atoms with Gasteiger partial charge in [0.15, 0.2) is 0 Å². The highest BCUT2D eigenvalue weighted by atomic mass is 35.5. The second kappa shape index (κ2) is 7.66. The number of halogens is 1. The molecule has 3 heteroatoms. The molecule has 2 aromatic carbocycles. The molecular formula is C19H23ClO2. The molecule has 118 valence electrons. The lowest BCUT2D eigenvalue weighted by atomic mass is 10.0. The molecule has 1 N–H and O–H groups in total. The molecule has 0 bridgehead atoms. The first-order valence-corrected chi connectivity index (χ1v) is 8.06. The van der Waals surface area contributed by atoms with Crippen molar-refractivity contribution in [2.45, 2.75) is 38.7 Å². The van der Waals surface area contributed by atoms with Crippen LogP contribution in [0.4, 0.5) is 0 Å². The van der Waals surface area contributed by atoms with Crippen LogP contribution in [-0.2, 0) is 6.42 Å². The van der Waals surface area contributed by atoms with Crippen LogP contribution < -0.4 is 4.74 Å². The van der Waals surface area contributed by atoms with Gasteiger partial charge in [0.2, 0.25) is 0 Å². The maximum Gasteiger partial charge on any atom is 0.129 e. The topological polar surface area (TPSA) is 29.5 Å². The molecule has 0 fully saturated rings. The SMILES string of the molecule is CCCC(C)(CO)Oc1ccc(Cc2ccc(Cl)cc2)cc1. The van der Waals surface area contributed by atoms with E-state index < -0.39 is 5.60 Å². The van der Waals surface area contributed by atoms with Crippen molar-refractivity contribution in [3.63, 3.8) is 0 Å². The average Bonchev–Trinajstić information content (AvgIpc) is 2.52. The fourth-order valence-corrected chi connectivity index (χ4v) is 2.62. The molecule has 0 amide bonds. The van der Waals surface area contributed by atoms with Gasteiger partial charge in [-0.3, -0.25) is 0 Å². The summed E-state index contributed by atoms with van der Waals surface area (Å²) >= 11 is 5.90. The van der Waals surface area contributed by atoms with Gasteiger partial charge in [-0.2, -0.15) is 0 Å². The van der Waals surface area contributed by atoms with Gasteiger partial charge in [-0.25, -0.2) is 0 Å². The van der Waals surface area contributed by atoms with E-state index in [-0.39, 0.29) is 6.61 Å². The Morgan fingerprint density at radius 2 is 1.55 bits per heavy atom. The van der Waals surface area contributed by atoms with Crippen molar-refractivity contribution in [1.82, 2.24) is 0 Å². The molecule has 0 heterocycles. The lowest BCUT2D eigenvalue weighted by Gasteiger charge is -2.28. The molecular weight excluding hydrogens is 296 g/mol. The first-order valence-electron chi connectivity index (χ1n) is 7.68. The molecule has 0 saturated heterocycles. The monoisotopic (exact) mass is 318 g/mol. The fourth-order valence-electron chi connectivity index (χ4n) is 2.49. The van der Waals surface area contributed by atoms with Gasteiger partial charge in [-0.05, 0) is 55.2 Å². The summed E-state index contributed by atoms with van der Waals surface area (Å²) in [6.45, 7) is 4.05. The lowest BCUT2D eigenvalue weighted by molar-refractivity contribution is 0.0174. The Balaban J connectivity index is 2.02. The van der Waals surface area contributed by atoms with Crippen molar-refractivity contribution in [3.05, 3.63) is 64.7 Å². The fraction of sp³-hybridized carbons (Fsp3) is 0.368. The molecule has 2 rings (SSSR count). The third kappa shape index (κ3) is 4.75. The maximum atomic E-state index is 9.51. The zero-order chi connectivity index (χ0) is 16.0. The summed E-state index contributed by atoms with van der Waals surface area (Å²) in [5, 5.41) is 10.3. The predicted molar refractivity (Wildman–Crippen MR) is 91.7 cm³/mol. The van der Waals surface area contributed by atoms with Crippen molar-refractivity contribution in [1.29, 1.82) is 0 Å². The molecule has 22 heavy (non-hydrogen) atoms. The number of hydrogen-bond acceptors (Lipinski definition) is 2. The molecule has 0 aliphatic rings. The number of aliphatic hydroxyl groups is 1. The minimum atomic E-state index is -0.507. The molecule has 0 aliphatic carbocycles. The van der Waals surface area contributed by atoms with Crippen LogP contribution in [0.5, 0.6) is 5.75 Å². The summed E-state index contributed by atoms with van der Waals surface area (Å²) in [6.07, 6.45) is 2.67. The summed E-state index contributed by atoms with van der Waals surface area (Å²) in [6, 6.07) is 16.0. The highest BCUT2D eigenvalue weighted by molar-refractivity contribution is 6.30. The Morgan fingerprint density at radius 3 is 2.05 bits per heavy atom. The van der Waals surface area contributed by atoms with Crippen LogP contribution in [0.1, 0.15) is 37.8 Å². The molecule has 0 aliphatic heterocycles. The second-order valence-electron chi connectivity index (χ2n) is 5.91. The van der Waals surface area contributed by atoms with Gasteiger partial charge in [0.1, 0.15) is 11.4 Å². The molecule has 1 unspecified atom stereocenters. The van der Waals surface area contributed by atoms with E-state index in [9.17, 15) is 5.11 Å². The highest BCUT2D eigenvalue weighted by Gasteiger charge is 2.24. The van der Waals surface area contributed by atoms with E-state index in [4.69, 9.17) is 16.3 Å². The van der Waals surface area contributed by atoms with Crippen LogP contribution in [0.15, 0.2) is 48.5 Å². The summed E-state index contributed by atoms with van der Waals surface area (Å²) < 4.78 is 5.95. The quantitative estimate of drug-likeness (QED) is 0.790. The predicted octanol–water partition coefficient (Wildman–Crippen LogP) is 4.86. The zero-order valence-electron chi connectivity index (χ0n) is 13.2. The molecule has 0 radical (unpaired) electrons. The Bertz CT molecular complexity index is 577. The Labute approximate surface area is 137 Å². The summed E-state index contributed by atoms with van der Waals surface area (Å²) in [4.78, 5) is 0. The van der Waals surface area contributed by atoms with Gasteiger partial charge in [0.25, 0.3) is 0 Å². The highest BCUT2D eigenvalue weighted by Crippen LogP contribution is 2.23. The van der Waals surface area contributed by atoms with Gasteiger partial charge in [0.05, 0.1) is 6.61 Å². The number of hydrogen-bond donors (Lipinski definition) is 1. The largest absolute Gasteiger partial charge is 0.485 e. The van der Waals surface area contributed by atoms with Crippen molar-refractivity contribution in [2.24, 2.45) is 0 Å². The number of aliphatic hydroxyl groups excluding tert-OH is 1.